The maximum Gasteiger partial charge on any atom is 0.255 e. The molecule has 118 valence electrons. The van der Waals surface area contributed by atoms with Gasteiger partial charge in [-0.25, -0.2) is 0 Å². The van der Waals surface area contributed by atoms with Crippen molar-refractivity contribution in [1.29, 1.82) is 0 Å². The highest BCUT2D eigenvalue weighted by molar-refractivity contribution is 6.35. The van der Waals surface area contributed by atoms with E-state index in [2.05, 4.69) is 10.6 Å². The summed E-state index contributed by atoms with van der Waals surface area (Å²) in [6, 6.07) is 11.6. The van der Waals surface area contributed by atoms with Gasteiger partial charge in [0, 0.05) is 32.9 Å². The summed E-state index contributed by atoms with van der Waals surface area (Å²) in [6.07, 6.45) is 2.07. The molecule has 0 radical (unpaired) electrons. The van der Waals surface area contributed by atoms with E-state index in [0.717, 1.165) is 12.8 Å². The Bertz CT molecular complexity index is 735. The van der Waals surface area contributed by atoms with Crippen LogP contribution in [0, 0.1) is 0 Å². The molecule has 0 bridgehead atoms. The van der Waals surface area contributed by atoms with E-state index in [-0.39, 0.29) is 11.8 Å². The maximum atomic E-state index is 12.2. The molecule has 1 saturated carbocycles. The minimum absolute atomic E-state index is 0.110. The Balaban J connectivity index is 1.68. The topological polar surface area (TPSA) is 58.2 Å². The fraction of sp³-hybridized carbons (Fsp3) is 0.176. The Morgan fingerprint density at radius 3 is 1.91 bits per heavy atom. The van der Waals surface area contributed by atoms with Crippen LogP contribution < -0.4 is 10.6 Å². The number of halogens is 2. The predicted octanol–water partition coefficient (Wildman–Crippen LogP) is 4.14. The second-order valence-corrected chi connectivity index (χ2v) is 6.31. The minimum atomic E-state index is -0.294. The summed E-state index contributed by atoms with van der Waals surface area (Å²) < 4.78 is 0. The zero-order chi connectivity index (χ0) is 16.4. The van der Waals surface area contributed by atoms with Crippen molar-refractivity contribution >= 4 is 40.7 Å². The largest absolute Gasteiger partial charge is 0.349 e. The first-order valence-corrected chi connectivity index (χ1v) is 7.95. The molecule has 3 rings (SSSR count). The lowest BCUT2D eigenvalue weighted by molar-refractivity contribution is 0.0949. The quantitative estimate of drug-likeness (QED) is 0.872. The maximum absolute atomic E-state index is 12.2. The first kappa shape index (κ1) is 15.8. The molecule has 1 fully saturated rings. The summed E-state index contributed by atoms with van der Waals surface area (Å²) in [5.41, 5.74) is 1.51. The van der Waals surface area contributed by atoms with Crippen molar-refractivity contribution in [3.63, 3.8) is 0 Å². The number of anilines is 1. The van der Waals surface area contributed by atoms with Gasteiger partial charge in [-0.2, -0.15) is 0 Å². The molecule has 0 aromatic heterocycles. The summed E-state index contributed by atoms with van der Waals surface area (Å²) >= 11 is 11.8. The SMILES string of the molecule is O=C(Nc1cc(Cl)cc(Cl)c1)c1ccc(C(=O)NC2CC2)cc1. The Hall–Kier alpha value is -2.04. The zero-order valence-electron chi connectivity index (χ0n) is 12.1. The van der Waals surface area contributed by atoms with Crippen LogP contribution in [0.25, 0.3) is 0 Å². The summed E-state index contributed by atoms with van der Waals surface area (Å²) in [4.78, 5) is 24.1. The predicted molar refractivity (Wildman–Crippen MR) is 91.3 cm³/mol. The van der Waals surface area contributed by atoms with Crippen LogP contribution >= 0.6 is 23.2 Å². The molecule has 0 heterocycles. The van der Waals surface area contributed by atoms with Crippen molar-refractivity contribution in [2.75, 3.05) is 5.32 Å². The molecule has 1 aliphatic rings. The number of rotatable bonds is 4. The van der Waals surface area contributed by atoms with E-state index in [1.54, 1.807) is 42.5 Å². The van der Waals surface area contributed by atoms with E-state index >= 15 is 0 Å². The van der Waals surface area contributed by atoms with Crippen molar-refractivity contribution in [1.82, 2.24) is 5.32 Å². The molecule has 0 aliphatic heterocycles. The number of hydrogen-bond acceptors (Lipinski definition) is 2. The third-order valence-corrected chi connectivity index (χ3v) is 3.88. The van der Waals surface area contributed by atoms with E-state index < -0.39 is 0 Å². The fourth-order valence-corrected chi connectivity index (χ4v) is 2.62. The Morgan fingerprint density at radius 2 is 1.39 bits per heavy atom. The summed E-state index contributed by atoms with van der Waals surface area (Å²) in [5.74, 6) is -0.404. The molecule has 2 amide bonds. The lowest BCUT2D eigenvalue weighted by atomic mass is 10.1. The molecule has 2 aromatic carbocycles. The van der Waals surface area contributed by atoms with Gasteiger partial charge in [-0.3, -0.25) is 9.59 Å². The number of carbonyl (C=O) groups is 2. The molecule has 0 atom stereocenters. The van der Waals surface area contributed by atoms with Gasteiger partial charge in [-0.1, -0.05) is 23.2 Å². The summed E-state index contributed by atoms with van der Waals surface area (Å²) in [5, 5.41) is 6.51. The second kappa shape index (κ2) is 6.60. The van der Waals surface area contributed by atoms with Crippen LogP contribution in [0.5, 0.6) is 0 Å². The van der Waals surface area contributed by atoms with Crippen molar-refractivity contribution < 1.29 is 9.59 Å². The minimum Gasteiger partial charge on any atom is -0.349 e. The normalized spacial score (nSPS) is 13.5. The number of benzene rings is 2. The van der Waals surface area contributed by atoms with Gasteiger partial charge in [0.05, 0.1) is 0 Å². The third-order valence-electron chi connectivity index (χ3n) is 3.44. The molecule has 6 heteroatoms. The average Bonchev–Trinajstić information content (AvgIpc) is 3.30. The van der Waals surface area contributed by atoms with E-state index in [9.17, 15) is 9.59 Å². The smallest absolute Gasteiger partial charge is 0.255 e. The van der Waals surface area contributed by atoms with Crippen molar-refractivity contribution in [2.24, 2.45) is 0 Å². The number of amides is 2. The monoisotopic (exact) mass is 348 g/mol. The third kappa shape index (κ3) is 4.24. The highest BCUT2D eigenvalue weighted by Gasteiger charge is 2.23. The lowest BCUT2D eigenvalue weighted by Crippen LogP contribution is -2.25. The molecule has 0 spiro atoms. The highest BCUT2D eigenvalue weighted by Crippen LogP contribution is 2.23. The highest BCUT2D eigenvalue weighted by atomic mass is 35.5. The van der Waals surface area contributed by atoms with Gasteiger partial charge in [0.1, 0.15) is 0 Å². The van der Waals surface area contributed by atoms with Crippen LogP contribution in [0.1, 0.15) is 33.6 Å². The number of carbonyl (C=O) groups excluding carboxylic acids is 2. The Kier molecular flexibility index (Phi) is 4.55. The molecule has 2 aromatic rings. The standard InChI is InChI=1S/C17H14Cl2N2O2/c18-12-7-13(19)9-15(8-12)21-17(23)11-3-1-10(2-4-11)16(22)20-14-5-6-14/h1-4,7-9,14H,5-6H2,(H,20,22)(H,21,23). The fourth-order valence-electron chi connectivity index (χ4n) is 2.10. The van der Waals surface area contributed by atoms with Gasteiger partial charge >= 0.3 is 0 Å². The van der Waals surface area contributed by atoms with Crippen molar-refractivity contribution in [3.05, 3.63) is 63.6 Å². The Morgan fingerprint density at radius 1 is 0.870 bits per heavy atom. The summed E-state index contributed by atoms with van der Waals surface area (Å²) in [7, 11) is 0. The van der Waals surface area contributed by atoms with Gasteiger partial charge in [0.15, 0.2) is 0 Å². The Labute approximate surface area is 143 Å². The molecular weight excluding hydrogens is 335 g/mol. The van der Waals surface area contributed by atoms with Gasteiger partial charge in [0.25, 0.3) is 11.8 Å². The first-order chi connectivity index (χ1) is 11.0. The molecule has 1 aliphatic carbocycles. The van der Waals surface area contributed by atoms with Crippen LogP contribution in [0.15, 0.2) is 42.5 Å². The lowest BCUT2D eigenvalue weighted by Gasteiger charge is -2.07. The zero-order valence-corrected chi connectivity index (χ0v) is 13.6. The van der Waals surface area contributed by atoms with E-state index in [0.29, 0.717) is 32.9 Å². The van der Waals surface area contributed by atoms with Crippen LogP contribution in [-0.2, 0) is 0 Å². The summed E-state index contributed by atoms with van der Waals surface area (Å²) in [6.45, 7) is 0. The first-order valence-electron chi connectivity index (χ1n) is 7.19. The van der Waals surface area contributed by atoms with Crippen LogP contribution in [0.3, 0.4) is 0 Å². The second-order valence-electron chi connectivity index (χ2n) is 5.44. The van der Waals surface area contributed by atoms with E-state index in [1.165, 1.54) is 0 Å². The van der Waals surface area contributed by atoms with Crippen LogP contribution in [-0.4, -0.2) is 17.9 Å². The van der Waals surface area contributed by atoms with Crippen LogP contribution in [0.2, 0.25) is 10.0 Å². The van der Waals surface area contributed by atoms with Gasteiger partial charge in [-0.05, 0) is 55.3 Å². The number of hydrogen-bond donors (Lipinski definition) is 2. The molecular formula is C17H14Cl2N2O2. The molecule has 0 unspecified atom stereocenters. The van der Waals surface area contributed by atoms with Gasteiger partial charge in [0.2, 0.25) is 0 Å². The average molecular weight is 349 g/mol. The molecule has 2 N–H and O–H groups in total. The van der Waals surface area contributed by atoms with Gasteiger partial charge in [-0.15, -0.1) is 0 Å². The van der Waals surface area contributed by atoms with Crippen molar-refractivity contribution in [3.8, 4) is 0 Å². The van der Waals surface area contributed by atoms with E-state index in [4.69, 9.17) is 23.2 Å². The molecule has 4 nitrogen and oxygen atoms in total. The van der Waals surface area contributed by atoms with Crippen molar-refractivity contribution in [2.45, 2.75) is 18.9 Å². The van der Waals surface area contributed by atoms with Gasteiger partial charge < -0.3 is 10.6 Å². The number of nitrogens with one attached hydrogen (secondary N) is 2. The van der Waals surface area contributed by atoms with E-state index in [1.807, 2.05) is 0 Å². The molecule has 0 saturated heterocycles. The van der Waals surface area contributed by atoms with Crippen LogP contribution in [0.4, 0.5) is 5.69 Å². The molecule has 23 heavy (non-hydrogen) atoms.